The smallest absolute Gasteiger partial charge is 0.312 e. The minimum absolute atomic E-state index is 0.0110. The van der Waals surface area contributed by atoms with E-state index in [9.17, 15) is 13.2 Å². The average molecular weight is 625 g/mol. The molecule has 5 aliphatic rings. The molecule has 1 aromatic rings. The highest BCUT2D eigenvalue weighted by Gasteiger charge is 2.72. The van der Waals surface area contributed by atoms with Crippen LogP contribution in [0.2, 0.25) is 0 Å². The summed E-state index contributed by atoms with van der Waals surface area (Å²) in [4.78, 5) is 13.8. The normalized spacial score (nSPS) is 44.5. The van der Waals surface area contributed by atoms with Gasteiger partial charge in [-0.3, -0.25) is 8.98 Å². The summed E-state index contributed by atoms with van der Waals surface area (Å²) in [5.41, 5.74) is 2.02. The van der Waals surface area contributed by atoms with Crippen molar-refractivity contribution in [1.29, 1.82) is 0 Å². The van der Waals surface area contributed by atoms with E-state index in [1.165, 1.54) is 12.0 Å². The topological polar surface area (TPSA) is 69.7 Å². The number of aryl methyl sites for hydroxylation is 1. The van der Waals surface area contributed by atoms with Gasteiger partial charge in [0.15, 0.2) is 0 Å². The number of esters is 1. The van der Waals surface area contributed by atoms with E-state index in [0.29, 0.717) is 29.6 Å². The number of carbonyl (C=O) groups is 1. The molecule has 0 aliphatic heterocycles. The molecule has 0 amide bonds. The molecule has 0 spiro atoms. The quantitative estimate of drug-likeness (QED) is 0.186. The lowest BCUT2D eigenvalue weighted by atomic mass is 9.32. The van der Waals surface area contributed by atoms with Gasteiger partial charge in [-0.1, -0.05) is 64.5 Å². The molecular formula is C38H56O5S. The third kappa shape index (κ3) is 4.31. The van der Waals surface area contributed by atoms with Crippen LogP contribution in [0.3, 0.4) is 0 Å². The monoisotopic (exact) mass is 624 g/mol. The van der Waals surface area contributed by atoms with Crippen LogP contribution < -0.4 is 0 Å². The molecule has 6 heteroatoms. The first-order valence-electron chi connectivity index (χ1n) is 17.2. The van der Waals surface area contributed by atoms with Crippen LogP contribution in [-0.2, 0) is 23.8 Å². The highest BCUT2D eigenvalue weighted by molar-refractivity contribution is 7.86. The second-order valence-corrected chi connectivity index (χ2v) is 18.6. The zero-order chi connectivity index (χ0) is 32.1. The fraction of sp³-hybridized carbons (Fsp3) is 0.763. The van der Waals surface area contributed by atoms with Crippen LogP contribution in [0.5, 0.6) is 0 Å². The Bertz CT molecular complexity index is 1430. The number of methoxy groups -OCH3 is 1. The van der Waals surface area contributed by atoms with Crippen molar-refractivity contribution in [2.75, 3.05) is 7.11 Å². The third-order valence-electron chi connectivity index (χ3n) is 15.2. The molecule has 6 rings (SSSR count). The highest BCUT2D eigenvalue weighted by atomic mass is 32.2. The van der Waals surface area contributed by atoms with Gasteiger partial charge in [-0.2, -0.15) is 8.42 Å². The van der Waals surface area contributed by atoms with Crippen LogP contribution in [0.15, 0.2) is 41.3 Å². The molecule has 0 saturated heterocycles. The minimum Gasteiger partial charge on any atom is -0.469 e. The molecule has 0 bridgehead atoms. The number of carbonyl (C=O) groups excluding carboxylic acids is 1. The summed E-state index contributed by atoms with van der Waals surface area (Å²) in [7, 11) is -2.27. The predicted octanol–water partition coefficient (Wildman–Crippen LogP) is 8.90. The van der Waals surface area contributed by atoms with Gasteiger partial charge in [0.25, 0.3) is 10.1 Å². The molecule has 5 saturated carbocycles. The molecule has 244 valence electrons. The van der Waals surface area contributed by atoms with Gasteiger partial charge in [-0.15, -0.1) is 0 Å². The maximum atomic E-state index is 13.5. The zero-order valence-corrected chi connectivity index (χ0v) is 29.3. The van der Waals surface area contributed by atoms with Crippen molar-refractivity contribution in [2.24, 2.45) is 56.7 Å². The number of allylic oxidation sites excluding steroid dienone is 1. The molecule has 5 nitrogen and oxygen atoms in total. The van der Waals surface area contributed by atoms with Crippen LogP contribution in [-0.4, -0.2) is 27.6 Å². The van der Waals surface area contributed by atoms with Crippen LogP contribution in [0.1, 0.15) is 111 Å². The summed E-state index contributed by atoms with van der Waals surface area (Å²) in [6, 6.07) is 7.00. The van der Waals surface area contributed by atoms with E-state index < -0.39 is 10.1 Å². The van der Waals surface area contributed by atoms with E-state index in [1.807, 2.05) is 19.1 Å². The van der Waals surface area contributed by atoms with Gasteiger partial charge in [0.2, 0.25) is 0 Å². The Balaban J connectivity index is 1.30. The van der Waals surface area contributed by atoms with E-state index in [1.54, 1.807) is 19.2 Å². The van der Waals surface area contributed by atoms with Crippen molar-refractivity contribution in [3.8, 4) is 0 Å². The molecule has 5 fully saturated rings. The number of fused-ring (bicyclic) bond motifs is 7. The number of benzene rings is 1. The van der Waals surface area contributed by atoms with Crippen molar-refractivity contribution in [2.45, 2.75) is 124 Å². The Morgan fingerprint density at radius 2 is 1.52 bits per heavy atom. The lowest BCUT2D eigenvalue weighted by Crippen LogP contribution is -2.67. The van der Waals surface area contributed by atoms with Crippen LogP contribution >= 0.6 is 0 Å². The molecule has 0 heterocycles. The zero-order valence-electron chi connectivity index (χ0n) is 28.5. The average Bonchev–Trinajstić information content (AvgIpc) is 3.36. The first-order valence-corrected chi connectivity index (χ1v) is 18.6. The lowest BCUT2D eigenvalue weighted by molar-refractivity contribution is -0.246. The summed E-state index contributed by atoms with van der Waals surface area (Å²) in [6.45, 7) is 20.8. The Morgan fingerprint density at radius 1 is 0.841 bits per heavy atom. The second kappa shape index (κ2) is 10.4. The SMILES string of the molecule is C=C(C)[C@@H]1CC[C@]2(C(=O)OC)CC[C@]3(C)[C@@H](CC[C@H]4[C@]5(C)CC[C@@H](OS(=O)(=O)c6ccc(C)cc6)C(C)(C)[C@H]5CC[C@]43C)[C@@H]12. The van der Waals surface area contributed by atoms with Gasteiger partial charge in [0.05, 0.1) is 23.5 Å². The standard InChI is InChI=1S/C38H56O5S/c1-24(2)27-16-21-38(33(39)42-9)23-22-36(7)28(32(27)38)14-15-30-35(6)19-18-31(34(4,5)29(35)17-20-37(30,36)8)43-44(40,41)26-12-10-25(3)11-13-26/h10-13,27-32H,1,14-23H2,2-9H3/t27-,28-,29+,30-,31+,32+,35+,36+,37+,38-/m0/s1. The van der Waals surface area contributed by atoms with E-state index >= 15 is 0 Å². The summed E-state index contributed by atoms with van der Waals surface area (Å²) >= 11 is 0. The van der Waals surface area contributed by atoms with Crippen molar-refractivity contribution >= 4 is 16.1 Å². The van der Waals surface area contributed by atoms with Gasteiger partial charge >= 0.3 is 5.97 Å². The first-order chi connectivity index (χ1) is 20.5. The van der Waals surface area contributed by atoms with Crippen LogP contribution in [0, 0.1) is 63.6 Å². The summed E-state index contributed by atoms with van der Waals surface area (Å²) in [5, 5.41) is 0. The summed E-state index contributed by atoms with van der Waals surface area (Å²) in [6.07, 6.45) is 9.90. The molecule has 10 atom stereocenters. The molecular weight excluding hydrogens is 568 g/mol. The summed E-state index contributed by atoms with van der Waals surface area (Å²) in [5.74, 6) is 2.12. The Hall–Kier alpha value is -1.66. The van der Waals surface area contributed by atoms with Gasteiger partial charge in [-0.05, 0) is 141 Å². The van der Waals surface area contributed by atoms with E-state index in [2.05, 4.69) is 48.1 Å². The molecule has 5 aliphatic carbocycles. The van der Waals surface area contributed by atoms with Crippen molar-refractivity contribution < 1.29 is 22.1 Å². The number of hydrogen-bond acceptors (Lipinski definition) is 5. The van der Waals surface area contributed by atoms with Gasteiger partial charge in [0, 0.05) is 0 Å². The van der Waals surface area contributed by atoms with E-state index in [-0.39, 0.29) is 44.0 Å². The number of rotatable bonds is 5. The molecule has 0 N–H and O–H groups in total. The molecule has 1 aromatic carbocycles. The van der Waals surface area contributed by atoms with Gasteiger partial charge < -0.3 is 4.74 Å². The van der Waals surface area contributed by atoms with E-state index in [4.69, 9.17) is 8.92 Å². The van der Waals surface area contributed by atoms with Crippen molar-refractivity contribution in [3.63, 3.8) is 0 Å². The molecule has 44 heavy (non-hydrogen) atoms. The maximum Gasteiger partial charge on any atom is 0.312 e. The predicted molar refractivity (Wildman–Crippen MR) is 174 cm³/mol. The maximum absolute atomic E-state index is 13.5. The minimum atomic E-state index is -3.85. The van der Waals surface area contributed by atoms with Crippen LogP contribution in [0.25, 0.3) is 0 Å². The second-order valence-electron chi connectivity index (χ2n) is 17.0. The first kappa shape index (κ1) is 32.3. The number of hydrogen-bond donors (Lipinski definition) is 0. The lowest BCUT2D eigenvalue weighted by Gasteiger charge is -2.72. The Morgan fingerprint density at radius 3 is 2.16 bits per heavy atom. The summed E-state index contributed by atoms with van der Waals surface area (Å²) < 4.78 is 38.5. The Labute approximate surface area is 267 Å². The molecule has 0 aromatic heterocycles. The molecule has 0 radical (unpaired) electrons. The van der Waals surface area contributed by atoms with Crippen LogP contribution in [0.4, 0.5) is 0 Å². The van der Waals surface area contributed by atoms with Crippen molar-refractivity contribution in [1.82, 2.24) is 0 Å². The van der Waals surface area contributed by atoms with Gasteiger partial charge in [-0.25, -0.2) is 0 Å². The fourth-order valence-corrected chi connectivity index (χ4v) is 14.0. The van der Waals surface area contributed by atoms with Crippen molar-refractivity contribution in [3.05, 3.63) is 42.0 Å². The van der Waals surface area contributed by atoms with E-state index in [0.717, 1.165) is 63.4 Å². The Kier molecular flexibility index (Phi) is 7.65. The molecule has 0 unspecified atom stereocenters. The third-order valence-corrected chi connectivity index (χ3v) is 16.5. The number of ether oxygens (including phenoxy) is 1. The fourth-order valence-electron chi connectivity index (χ4n) is 12.8. The van der Waals surface area contributed by atoms with Gasteiger partial charge in [0.1, 0.15) is 0 Å². The highest BCUT2D eigenvalue weighted by Crippen LogP contribution is 2.77. The largest absolute Gasteiger partial charge is 0.469 e.